The molecule has 0 radical (unpaired) electrons. The first kappa shape index (κ1) is 20.0. The highest BCUT2D eigenvalue weighted by atomic mass is 32.2. The van der Waals surface area contributed by atoms with Crippen LogP contribution in [0.2, 0.25) is 0 Å². The predicted octanol–water partition coefficient (Wildman–Crippen LogP) is 0.435. The topological polar surface area (TPSA) is 99.2 Å². The summed E-state index contributed by atoms with van der Waals surface area (Å²) in [4.78, 5) is 25.4. The van der Waals surface area contributed by atoms with E-state index in [-0.39, 0.29) is 24.0 Å². The fourth-order valence-corrected chi connectivity index (χ4v) is 4.51. The monoisotopic (exact) mass is 385 g/mol. The molecule has 1 heterocycles. The van der Waals surface area contributed by atoms with Gasteiger partial charge in [-0.15, -0.1) is 0 Å². The van der Waals surface area contributed by atoms with Gasteiger partial charge in [0.2, 0.25) is 0 Å². The average Bonchev–Trinajstić information content (AvgIpc) is 2.98. The number of hydrogen-bond donors (Lipinski definition) is 0. The Bertz CT molecular complexity index is 775. The molecule has 0 bridgehead atoms. The van der Waals surface area contributed by atoms with Crippen molar-refractivity contribution < 1.29 is 32.2 Å². The van der Waals surface area contributed by atoms with Gasteiger partial charge in [0.15, 0.2) is 27.9 Å². The molecular weight excluding hydrogens is 362 g/mol. The molecular formula is C17H23NO7S. The second-order valence-corrected chi connectivity index (χ2v) is 8.32. The summed E-state index contributed by atoms with van der Waals surface area (Å²) in [7, 11) is 1.46. The van der Waals surface area contributed by atoms with E-state index in [1.54, 1.807) is 18.2 Å². The van der Waals surface area contributed by atoms with Crippen molar-refractivity contribution >= 4 is 21.7 Å². The summed E-state index contributed by atoms with van der Waals surface area (Å²) in [6.45, 7) is -0.417. The van der Waals surface area contributed by atoms with Gasteiger partial charge in [-0.1, -0.05) is 6.07 Å². The maximum atomic E-state index is 12.1. The molecule has 9 heteroatoms. The third-order valence-electron chi connectivity index (χ3n) is 4.30. The van der Waals surface area contributed by atoms with Gasteiger partial charge in [0, 0.05) is 13.1 Å². The number of benzene rings is 1. The van der Waals surface area contributed by atoms with Crippen LogP contribution in [0.5, 0.6) is 11.5 Å². The van der Waals surface area contributed by atoms with Gasteiger partial charge in [-0.2, -0.15) is 0 Å². The quantitative estimate of drug-likeness (QED) is 0.628. The lowest BCUT2D eigenvalue weighted by atomic mass is 10.1. The maximum Gasteiger partial charge on any atom is 0.310 e. The molecule has 0 saturated carbocycles. The summed E-state index contributed by atoms with van der Waals surface area (Å²) in [5.74, 6) is 0.0956. The van der Waals surface area contributed by atoms with Crippen LogP contribution in [0.25, 0.3) is 0 Å². The minimum absolute atomic E-state index is 0.0187. The summed E-state index contributed by atoms with van der Waals surface area (Å²) >= 11 is 0. The number of likely N-dealkylation sites (N-methyl/N-ethyl adjacent to an activating group) is 1. The third-order valence-corrected chi connectivity index (χ3v) is 6.05. The molecule has 0 unspecified atom stereocenters. The van der Waals surface area contributed by atoms with Gasteiger partial charge in [-0.25, -0.2) is 8.42 Å². The zero-order chi connectivity index (χ0) is 19.3. The molecule has 0 N–H and O–H groups in total. The van der Waals surface area contributed by atoms with Crippen LogP contribution in [0.15, 0.2) is 18.2 Å². The molecule has 0 spiro atoms. The maximum absolute atomic E-state index is 12.1. The zero-order valence-electron chi connectivity index (χ0n) is 15.1. The molecule has 1 aliphatic heterocycles. The Morgan fingerprint density at radius 1 is 1.19 bits per heavy atom. The molecule has 0 aromatic heterocycles. The van der Waals surface area contributed by atoms with Gasteiger partial charge in [0.05, 0.1) is 32.1 Å². The Balaban J connectivity index is 1.85. The van der Waals surface area contributed by atoms with Crippen molar-refractivity contribution in [3.8, 4) is 11.5 Å². The largest absolute Gasteiger partial charge is 0.493 e. The third kappa shape index (κ3) is 5.10. The molecule has 0 aliphatic carbocycles. The first-order valence-electron chi connectivity index (χ1n) is 8.08. The number of carbonyl (C=O) groups excluding carboxylic acids is 2. The van der Waals surface area contributed by atoms with Crippen molar-refractivity contribution in [3.63, 3.8) is 0 Å². The number of amides is 1. The molecule has 1 aliphatic rings. The van der Waals surface area contributed by atoms with Crippen LogP contribution in [0, 0.1) is 0 Å². The summed E-state index contributed by atoms with van der Waals surface area (Å²) in [6, 6.07) is 4.69. The Morgan fingerprint density at radius 2 is 1.88 bits per heavy atom. The summed E-state index contributed by atoms with van der Waals surface area (Å²) in [6.07, 6.45) is 0.388. The van der Waals surface area contributed by atoms with E-state index in [1.807, 2.05) is 0 Å². The Kier molecular flexibility index (Phi) is 6.47. The Labute approximate surface area is 152 Å². The Hall–Kier alpha value is -2.29. The van der Waals surface area contributed by atoms with E-state index in [0.29, 0.717) is 23.5 Å². The first-order valence-corrected chi connectivity index (χ1v) is 9.90. The number of ether oxygens (including phenoxy) is 3. The summed E-state index contributed by atoms with van der Waals surface area (Å²) < 4.78 is 38.3. The van der Waals surface area contributed by atoms with Crippen molar-refractivity contribution in [2.75, 3.05) is 39.4 Å². The van der Waals surface area contributed by atoms with Crippen LogP contribution in [0.4, 0.5) is 0 Å². The van der Waals surface area contributed by atoms with Crippen molar-refractivity contribution in [2.24, 2.45) is 0 Å². The second kappa shape index (κ2) is 8.39. The summed E-state index contributed by atoms with van der Waals surface area (Å²) in [5.41, 5.74) is 0.662. The van der Waals surface area contributed by atoms with Crippen molar-refractivity contribution in [3.05, 3.63) is 23.8 Å². The second-order valence-electron chi connectivity index (χ2n) is 6.09. The van der Waals surface area contributed by atoms with Crippen LogP contribution in [0.3, 0.4) is 0 Å². The number of nitrogens with zero attached hydrogens (tertiary/aromatic N) is 1. The number of hydrogen-bond acceptors (Lipinski definition) is 7. The number of rotatable bonds is 7. The highest BCUT2D eigenvalue weighted by molar-refractivity contribution is 7.91. The van der Waals surface area contributed by atoms with Gasteiger partial charge in [0.25, 0.3) is 5.91 Å². The Morgan fingerprint density at radius 3 is 2.46 bits per heavy atom. The van der Waals surface area contributed by atoms with Gasteiger partial charge < -0.3 is 19.1 Å². The van der Waals surface area contributed by atoms with Crippen LogP contribution in [-0.4, -0.2) is 70.6 Å². The number of sulfone groups is 1. The fourth-order valence-electron chi connectivity index (χ4n) is 2.74. The molecule has 1 fully saturated rings. The molecule has 26 heavy (non-hydrogen) atoms. The van der Waals surface area contributed by atoms with E-state index in [2.05, 4.69) is 0 Å². The van der Waals surface area contributed by atoms with Crippen LogP contribution in [0.1, 0.15) is 12.0 Å². The number of esters is 1. The van der Waals surface area contributed by atoms with Crippen molar-refractivity contribution in [1.29, 1.82) is 0 Å². The predicted molar refractivity (Wildman–Crippen MR) is 94.0 cm³/mol. The van der Waals surface area contributed by atoms with Crippen LogP contribution in [-0.2, 0) is 30.6 Å². The molecule has 1 aromatic carbocycles. The highest BCUT2D eigenvalue weighted by Gasteiger charge is 2.32. The molecule has 144 valence electrons. The lowest BCUT2D eigenvalue weighted by molar-refractivity contribution is -0.151. The smallest absolute Gasteiger partial charge is 0.310 e. The molecule has 1 amide bonds. The summed E-state index contributed by atoms with van der Waals surface area (Å²) in [5, 5.41) is 0. The average molecular weight is 385 g/mol. The lowest BCUT2D eigenvalue weighted by Gasteiger charge is -2.23. The zero-order valence-corrected chi connectivity index (χ0v) is 15.9. The molecule has 1 aromatic rings. The highest BCUT2D eigenvalue weighted by Crippen LogP contribution is 2.27. The van der Waals surface area contributed by atoms with Gasteiger partial charge >= 0.3 is 5.97 Å². The number of methoxy groups -OCH3 is 2. The minimum atomic E-state index is -3.08. The van der Waals surface area contributed by atoms with E-state index in [1.165, 1.54) is 26.2 Å². The molecule has 2 rings (SSSR count). The van der Waals surface area contributed by atoms with Crippen LogP contribution >= 0.6 is 0 Å². The lowest BCUT2D eigenvalue weighted by Crippen LogP contribution is -2.40. The SMILES string of the molecule is COc1ccc(CC(=O)OCC(=O)N(C)[C@@H]2CCS(=O)(=O)C2)cc1OC. The molecule has 8 nitrogen and oxygen atoms in total. The van der Waals surface area contributed by atoms with Crippen molar-refractivity contribution in [1.82, 2.24) is 4.90 Å². The van der Waals surface area contributed by atoms with Gasteiger partial charge in [-0.05, 0) is 24.1 Å². The van der Waals surface area contributed by atoms with E-state index in [0.717, 1.165) is 0 Å². The minimum Gasteiger partial charge on any atom is -0.493 e. The fraction of sp³-hybridized carbons (Fsp3) is 0.529. The van der Waals surface area contributed by atoms with E-state index >= 15 is 0 Å². The molecule has 1 atom stereocenters. The van der Waals surface area contributed by atoms with E-state index in [9.17, 15) is 18.0 Å². The van der Waals surface area contributed by atoms with Gasteiger partial charge in [-0.3, -0.25) is 9.59 Å². The van der Waals surface area contributed by atoms with Gasteiger partial charge in [0.1, 0.15) is 0 Å². The van der Waals surface area contributed by atoms with E-state index in [4.69, 9.17) is 14.2 Å². The standard InChI is InChI=1S/C17H23NO7S/c1-18(13-6-7-26(21,22)11-13)16(19)10-25-17(20)9-12-4-5-14(23-2)15(8-12)24-3/h4-5,8,13H,6-7,9-11H2,1-3H3/t13-/m1/s1. The number of carbonyl (C=O) groups is 2. The van der Waals surface area contributed by atoms with Crippen molar-refractivity contribution in [2.45, 2.75) is 18.9 Å². The normalized spacial score (nSPS) is 18.2. The van der Waals surface area contributed by atoms with E-state index < -0.39 is 28.3 Å². The van der Waals surface area contributed by atoms with Crippen LogP contribution < -0.4 is 9.47 Å². The molecule has 1 saturated heterocycles. The first-order chi connectivity index (χ1) is 12.3.